The summed E-state index contributed by atoms with van der Waals surface area (Å²) in [6, 6.07) is 7.09. The van der Waals surface area contributed by atoms with Crippen LogP contribution in [0.1, 0.15) is 11.8 Å². The van der Waals surface area contributed by atoms with E-state index in [2.05, 4.69) is 15.5 Å². The highest BCUT2D eigenvalue weighted by atomic mass is 35.5. The van der Waals surface area contributed by atoms with Crippen LogP contribution in [0.15, 0.2) is 28.7 Å². The summed E-state index contributed by atoms with van der Waals surface area (Å²) < 4.78 is 10.8. The molecule has 17 heavy (non-hydrogen) atoms. The Labute approximate surface area is 104 Å². The number of ether oxygens (including phenoxy) is 1. The van der Waals surface area contributed by atoms with Crippen molar-refractivity contribution in [1.29, 1.82) is 0 Å². The zero-order chi connectivity index (χ0) is 12.1. The fraction of sp³-hybridized carbons (Fsp3) is 0.273. The van der Waals surface area contributed by atoms with E-state index in [4.69, 9.17) is 20.8 Å². The summed E-state index contributed by atoms with van der Waals surface area (Å²) >= 11 is 5.76. The Morgan fingerprint density at radius 2 is 1.94 bits per heavy atom. The van der Waals surface area contributed by atoms with Gasteiger partial charge < -0.3 is 14.5 Å². The Kier molecular flexibility index (Phi) is 3.95. The summed E-state index contributed by atoms with van der Waals surface area (Å²) in [4.78, 5) is 0. The van der Waals surface area contributed by atoms with E-state index in [0.717, 1.165) is 0 Å². The zero-order valence-electron chi connectivity index (χ0n) is 9.31. The molecule has 0 fully saturated rings. The number of hydrogen-bond acceptors (Lipinski definition) is 5. The lowest BCUT2D eigenvalue weighted by atomic mass is 10.3. The van der Waals surface area contributed by atoms with Crippen molar-refractivity contribution < 1.29 is 9.15 Å². The van der Waals surface area contributed by atoms with E-state index in [1.165, 1.54) is 0 Å². The topological polar surface area (TPSA) is 60.2 Å². The molecule has 0 radical (unpaired) electrons. The van der Waals surface area contributed by atoms with Crippen LogP contribution in [0, 0.1) is 0 Å². The van der Waals surface area contributed by atoms with Gasteiger partial charge in [0.2, 0.25) is 5.89 Å². The predicted molar refractivity (Wildman–Crippen MR) is 62.8 cm³/mol. The fourth-order valence-corrected chi connectivity index (χ4v) is 1.37. The molecule has 0 bridgehead atoms. The minimum Gasteiger partial charge on any atom is -0.484 e. The van der Waals surface area contributed by atoms with Crippen molar-refractivity contribution in [2.45, 2.75) is 13.2 Å². The van der Waals surface area contributed by atoms with Crippen LogP contribution in [-0.2, 0) is 13.2 Å². The standard InChI is InChI=1S/C11H12ClN3O2/c1-13-6-10-14-15-11(17-10)7-16-9-4-2-8(12)3-5-9/h2-5,13H,6-7H2,1H3. The molecule has 90 valence electrons. The zero-order valence-corrected chi connectivity index (χ0v) is 10.1. The molecule has 1 aromatic heterocycles. The summed E-state index contributed by atoms with van der Waals surface area (Å²) in [7, 11) is 1.81. The lowest BCUT2D eigenvalue weighted by molar-refractivity contribution is 0.258. The van der Waals surface area contributed by atoms with Gasteiger partial charge >= 0.3 is 0 Å². The first-order valence-electron chi connectivity index (χ1n) is 5.12. The molecule has 0 amide bonds. The van der Waals surface area contributed by atoms with E-state index >= 15 is 0 Å². The summed E-state index contributed by atoms with van der Waals surface area (Å²) in [5.74, 6) is 1.70. The van der Waals surface area contributed by atoms with Crippen molar-refractivity contribution in [2.75, 3.05) is 7.05 Å². The van der Waals surface area contributed by atoms with Gasteiger partial charge in [0.05, 0.1) is 6.54 Å². The largest absolute Gasteiger partial charge is 0.484 e. The molecule has 0 spiro atoms. The van der Waals surface area contributed by atoms with Gasteiger partial charge in [-0.15, -0.1) is 10.2 Å². The van der Waals surface area contributed by atoms with Gasteiger partial charge in [0.25, 0.3) is 5.89 Å². The molecule has 0 unspecified atom stereocenters. The molecule has 2 aromatic rings. The fourth-order valence-electron chi connectivity index (χ4n) is 1.25. The van der Waals surface area contributed by atoms with Crippen molar-refractivity contribution in [3.05, 3.63) is 41.1 Å². The summed E-state index contributed by atoms with van der Waals surface area (Å²) in [6.07, 6.45) is 0. The Hall–Kier alpha value is -1.59. The van der Waals surface area contributed by atoms with Crippen molar-refractivity contribution in [3.63, 3.8) is 0 Å². The highest BCUT2D eigenvalue weighted by Gasteiger charge is 2.05. The number of aromatic nitrogens is 2. The summed E-state index contributed by atoms with van der Waals surface area (Å²) in [5.41, 5.74) is 0. The van der Waals surface area contributed by atoms with E-state index in [9.17, 15) is 0 Å². The highest BCUT2D eigenvalue weighted by Crippen LogP contribution is 2.16. The number of benzene rings is 1. The van der Waals surface area contributed by atoms with Crippen LogP contribution in [0.4, 0.5) is 0 Å². The van der Waals surface area contributed by atoms with Crippen LogP contribution in [0.3, 0.4) is 0 Å². The van der Waals surface area contributed by atoms with Crippen LogP contribution in [0.25, 0.3) is 0 Å². The van der Waals surface area contributed by atoms with Crippen LogP contribution in [-0.4, -0.2) is 17.2 Å². The molecule has 1 aromatic carbocycles. The van der Waals surface area contributed by atoms with Crippen molar-refractivity contribution >= 4 is 11.6 Å². The maximum Gasteiger partial charge on any atom is 0.253 e. The van der Waals surface area contributed by atoms with Crippen LogP contribution in [0.5, 0.6) is 5.75 Å². The first-order valence-corrected chi connectivity index (χ1v) is 5.50. The van der Waals surface area contributed by atoms with E-state index < -0.39 is 0 Å². The van der Waals surface area contributed by atoms with Gasteiger partial charge in [0.15, 0.2) is 6.61 Å². The Morgan fingerprint density at radius 1 is 1.24 bits per heavy atom. The first kappa shape index (κ1) is 11.9. The molecule has 0 aliphatic carbocycles. The molecule has 6 heteroatoms. The molecule has 0 saturated heterocycles. The minimum atomic E-state index is 0.248. The third-order valence-corrected chi connectivity index (χ3v) is 2.26. The third-order valence-electron chi connectivity index (χ3n) is 2.01. The molecule has 0 aliphatic heterocycles. The molecule has 1 N–H and O–H groups in total. The maximum atomic E-state index is 5.76. The molecular formula is C11H12ClN3O2. The van der Waals surface area contributed by atoms with Gasteiger partial charge in [-0.1, -0.05) is 11.6 Å². The van der Waals surface area contributed by atoms with Crippen LogP contribution >= 0.6 is 11.6 Å². The number of halogens is 1. The average Bonchev–Trinajstić information content (AvgIpc) is 2.77. The maximum absolute atomic E-state index is 5.76. The van der Waals surface area contributed by atoms with Gasteiger partial charge in [-0.2, -0.15) is 0 Å². The van der Waals surface area contributed by atoms with E-state index in [-0.39, 0.29) is 6.61 Å². The summed E-state index contributed by atoms with van der Waals surface area (Å²) in [5, 5.41) is 11.3. The third kappa shape index (κ3) is 3.44. The van der Waals surface area contributed by atoms with E-state index in [1.807, 2.05) is 7.05 Å². The second kappa shape index (κ2) is 5.65. The van der Waals surface area contributed by atoms with Crippen LogP contribution < -0.4 is 10.1 Å². The van der Waals surface area contributed by atoms with E-state index in [0.29, 0.717) is 29.1 Å². The highest BCUT2D eigenvalue weighted by molar-refractivity contribution is 6.30. The summed E-state index contributed by atoms with van der Waals surface area (Å²) in [6.45, 7) is 0.798. The molecule has 0 saturated carbocycles. The second-order valence-electron chi connectivity index (χ2n) is 3.36. The Morgan fingerprint density at radius 3 is 2.65 bits per heavy atom. The lowest BCUT2D eigenvalue weighted by Gasteiger charge is -2.02. The number of rotatable bonds is 5. The van der Waals surface area contributed by atoms with Crippen LogP contribution in [0.2, 0.25) is 5.02 Å². The van der Waals surface area contributed by atoms with Crippen molar-refractivity contribution in [2.24, 2.45) is 0 Å². The molecular weight excluding hydrogens is 242 g/mol. The smallest absolute Gasteiger partial charge is 0.253 e. The van der Waals surface area contributed by atoms with Crippen molar-refractivity contribution in [3.8, 4) is 5.75 Å². The predicted octanol–water partition coefficient (Wildman–Crippen LogP) is 2.02. The number of hydrogen-bond donors (Lipinski definition) is 1. The number of nitrogens with zero attached hydrogens (tertiary/aromatic N) is 2. The van der Waals surface area contributed by atoms with Crippen molar-refractivity contribution in [1.82, 2.24) is 15.5 Å². The number of nitrogens with one attached hydrogen (secondary N) is 1. The van der Waals surface area contributed by atoms with Gasteiger partial charge in [-0.25, -0.2) is 0 Å². The Balaban J connectivity index is 1.90. The van der Waals surface area contributed by atoms with Gasteiger partial charge in [0.1, 0.15) is 5.75 Å². The SMILES string of the molecule is CNCc1nnc(COc2ccc(Cl)cc2)o1. The first-order chi connectivity index (χ1) is 8.28. The minimum absolute atomic E-state index is 0.248. The monoisotopic (exact) mass is 253 g/mol. The normalized spacial score (nSPS) is 10.5. The Bertz CT molecular complexity index is 470. The molecule has 5 nitrogen and oxygen atoms in total. The van der Waals surface area contributed by atoms with Gasteiger partial charge in [-0.05, 0) is 31.3 Å². The van der Waals surface area contributed by atoms with Gasteiger partial charge in [0, 0.05) is 5.02 Å². The quantitative estimate of drug-likeness (QED) is 0.883. The molecule has 1 heterocycles. The molecule has 0 atom stereocenters. The second-order valence-corrected chi connectivity index (χ2v) is 3.80. The molecule has 2 rings (SSSR count). The molecule has 0 aliphatic rings. The van der Waals surface area contributed by atoms with E-state index in [1.54, 1.807) is 24.3 Å². The average molecular weight is 254 g/mol. The lowest BCUT2D eigenvalue weighted by Crippen LogP contribution is -2.04. The van der Waals surface area contributed by atoms with Gasteiger partial charge in [-0.3, -0.25) is 0 Å².